The van der Waals surface area contributed by atoms with Crippen LogP contribution in [0, 0.1) is 12.8 Å². The number of piperidine rings is 1. The zero-order valence-electron chi connectivity index (χ0n) is 18.1. The van der Waals surface area contributed by atoms with Crippen molar-refractivity contribution in [3.8, 4) is 0 Å². The third-order valence-corrected chi connectivity index (χ3v) is 7.95. The highest BCUT2D eigenvalue weighted by molar-refractivity contribution is 9.10. The molecular formula is C23H27BrN2O5S. The number of esters is 1. The maximum Gasteiger partial charge on any atom is 0.338 e. The standard InChI is InChI=1S/C23H27BrN2O5S/c1-3-31-23(28)20-5-4-6-21(16(20)2)25-22(27)18-11-13-26(14-12-18)32(29,30)15-17-7-9-19(24)10-8-17/h4-10,18H,3,11-15H2,1-2H3,(H,25,27). The van der Waals surface area contributed by atoms with Gasteiger partial charge in [0, 0.05) is 29.2 Å². The summed E-state index contributed by atoms with van der Waals surface area (Å²) in [5, 5.41) is 2.90. The summed E-state index contributed by atoms with van der Waals surface area (Å²) < 4.78 is 33.0. The molecule has 1 fully saturated rings. The van der Waals surface area contributed by atoms with Gasteiger partial charge >= 0.3 is 5.97 Å². The van der Waals surface area contributed by atoms with Crippen LogP contribution in [0.1, 0.15) is 41.3 Å². The molecule has 1 saturated heterocycles. The van der Waals surface area contributed by atoms with Crippen LogP contribution in [-0.2, 0) is 25.3 Å². The van der Waals surface area contributed by atoms with E-state index in [1.807, 2.05) is 12.1 Å². The van der Waals surface area contributed by atoms with E-state index < -0.39 is 16.0 Å². The van der Waals surface area contributed by atoms with Crippen LogP contribution in [-0.4, -0.2) is 44.3 Å². The summed E-state index contributed by atoms with van der Waals surface area (Å²) >= 11 is 3.35. The van der Waals surface area contributed by atoms with E-state index in [9.17, 15) is 18.0 Å². The van der Waals surface area contributed by atoms with Crippen molar-refractivity contribution in [1.82, 2.24) is 4.31 Å². The summed E-state index contributed by atoms with van der Waals surface area (Å²) in [6, 6.07) is 12.3. The van der Waals surface area contributed by atoms with E-state index in [1.54, 1.807) is 44.2 Å². The van der Waals surface area contributed by atoms with Crippen molar-refractivity contribution in [2.24, 2.45) is 5.92 Å². The summed E-state index contributed by atoms with van der Waals surface area (Å²) in [5.74, 6) is -0.944. The van der Waals surface area contributed by atoms with Gasteiger partial charge in [-0.15, -0.1) is 0 Å². The lowest BCUT2D eigenvalue weighted by atomic mass is 9.96. The van der Waals surface area contributed by atoms with E-state index in [2.05, 4.69) is 21.2 Å². The van der Waals surface area contributed by atoms with Crippen molar-refractivity contribution in [3.63, 3.8) is 0 Å². The van der Waals surface area contributed by atoms with Gasteiger partial charge in [-0.05, 0) is 62.1 Å². The molecule has 0 radical (unpaired) electrons. The molecule has 1 heterocycles. The first-order chi connectivity index (χ1) is 15.2. The summed E-state index contributed by atoms with van der Waals surface area (Å²) in [6.45, 7) is 4.39. The van der Waals surface area contributed by atoms with Crippen molar-refractivity contribution < 1.29 is 22.7 Å². The lowest BCUT2D eigenvalue weighted by molar-refractivity contribution is -0.120. The molecule has 0 spiro atoms. The SMILES string of the molecule is CCOC(=O)c1cccc(NC(=O)C2CCN(S(=O)(=O)Cc3ccc(Br)cc3)CC2)c1C. The van der Waals surface area contributed by atoms with Crippen LogP contribution in [0.25, 0.3) is 0 Å². The van der Waals surface area contributed by atoms with Gasteiger partial charge in [0.2, 0.25) is 15.9 Å². The number of carbonyl (C=O) groups excluding carboxylic acids is 2. The van der Waals surface area contributed by atoms with Gasteiger partial charge in [0.15, 0.2) is 0 Å². The Morgan fingerprint density at radius 2 is 1.78 bits per heavy atom. The summed E-state index contributed by atoms with van der Waals surface area (Å²) in [5.41, 5.74) is 2.35. The van der Waals surface area contributed by atoms with Crippen molar-refractivity contribution in [3.05, 3.63) is 63.6 Å². The molecule has 0 aliphatic carbocycles. The molecule has 0 atom stereocenters. The smallest absolute Gasteiger partial charge is 0.338 e. The zero-order chi connectivity index (χ0) is 23.3. The van der Waals surface area contributed by atoms with Gasteiger partial charge in [-0.3, -0.25) is 4.79 Å². The number of carbonyl (C=O) groups is 2. The molecular weight excluding hydrogens is 496 g/mol. The van der Waals surface area contributed by atoms with Gasteiger partial charge in [0.1, 0.15) is 0 Å². The van der Waals surface area contributed by atoms with Crippen molar-refractivity contribution in [2.45, 2.75) is 32.4 Å². The first-order valence-corrected chi connectivity index (χ1v) is 12.9. The molecule has 2 aromatic rings. The van der Waals surface area contributed by atoms with Crippen LogP contribution in [0.2, 0.25) is 0 Å². The minimum atomic E-state index is -3.45. The van der Waals surface area contributed by atoms with Gasteiger partial charge in [0.05, 0.1) is 17.9 Å². The zero-order valence-corrected chi connectivity index (χ0v) is 20.5. The average Bonchev–Trinajstić information content (AvgIpc) is 2.77. The van der Waals surface area contributed by atoms with Crippen molar-refractivity contribution >= 4 is 43.5 Å². The van der Waals surface area contributed by atoms with E-state index in [1.165, 1.54) is 4.31 Å². The van der Waals surface area contributed by atoms with Crippen LogP contribution in [0.4, 0.5) is 5.69 Å². The Morgan fingerprint density at radius 1 is 1.12 bits per heavy atom. The highest BCUT2D eigenvalue weighted by atomic mass is 79.9. The molecule has 2 aromatic carbocycles. The first-order valence-electron chi connectivity index (χ1n) is 10.5. The third kappa shape index (κ3) is 5.96. The quantitative estimate of drug-likeness (QED) is 0.552. The minimum Gasteiger partial charge on any atom is -0.462 e. The normalized spacial score (nSPS) is 15.3. The number of halogens is 1. The molecule has 0 saturated carbocycles. The number of amides is 1. The van der Waals surface area contributed by atoms with E-state index in [0.717, 1.165) is 10.0 Å². The number of hydrogen-bond donors (Lipinski definition) is 1. The van der Waals surface area contributed by atoms with E-state index in [0.29, 0.717) is 42.7 Å². The lowest BCUT2D eigenvalue weighted by Crippen LogP contribution is -2.41. The predicted octanol–water partition coefficient (Wildman–Crippen LogP) is 4.11. The number of sulfonamides is 1. The van der Waals surface area contributed by atoms with Gasteiger partial charge in [-0.25, -0.2) is 17.5 Å². The Balaban J connectivity index is 1.59. The molecule has 7 nitrogen and oxygen atoms in total. The Kier molecular flexibility index (Phi) is 8.08. The Morgan fingerprint density at radius 3 is 2.41 bits per heavy atom. The lowest BCUT2D eigenvalue weighted by Gasteiger charge is -2.30. The summed E-state index contributed by atoms with van der Waals surface area (Å²) in [4.78, 5) is 24.9. The summed E-state index contributed by atoms with van der Waals surface area (Å²) in [7, 11) is -3.45. The maximum absolute atomic E-state index is 12.8. The number of benzene rings is 2. The van der Waals surface area contributed by atoms with Gasteiger partial charge < -0.3 is 10.1 Å². The van der Waals surface area contributed by atoms with Crippen molar-refractivity contribution in [1.29, 1.82) is 0 Å². The number of anilines is 1. The number of ether oxygens (including phenoxy) is 1. The topological polar surface area (TPSA) is 92.8 Å². The highest BCUT2D eigenvalue weighted by Crippen LogP contribution is 2.25. The molecule has 0 bridgehead atoms. The second-order valence-corrected chi connectivity index (χ2v) is 10.6. The fourth-order valence-corrected chi connectivity index (χ4v) is 5.54. The van der Waals surface area contributed by atoms with Gasteiger partial charge in [0.25, 0.3) is 0 Å². The Hall–Kier alpha value is -2.23. The molecule has 0 aromatic heterocycles. The molecule has 1 amide bonds. The van der Waals surface area contributed by atoms with Crippen LogP contribution in [0.3, 0.4) is 0 Å². The Bertz CT molecular complexity index is 1080. The monoisotopic (exact) mass is 522 g/mol. The molecule has 32 heavy (non-hydrogen) atoms. The molecule has 0 unspecified atom stereocenters. The number of nitrogens with one attached hydrogen (secondary N) is 1. The van der Waals surface area contributed by atoms with Crippen LogP contribution in [0.5, 0.6) is 0 Å². The number of rotatable bonds is 7. The number of nitrogens with zero attached hydrogens (tertiary/aromatic N) is 1. The number of hydrogen-bond acceptors (Lipinski definition) is 5. The molecule has 172 valence electrons. The van der Waals surface area contributed by atoms with Gasteiger partial charge in [-0.2, -0.15) is 0 Å². The Labute approximate surface area is 197 Å². The molecule has 3 rings (SSSR count). The second-order valence-electron chi connectivity index (χ2n) is 7.74. The summed E-state index contributed by atoms with van der Waals surface area (Å²) in [6.07, 6.45) is 0.893. The van der Waals surface area contributed by atoms with Crippen LogP contribution < -0.4 is 5.32 Å². The van der Waals surface area contributed by atoms with Crippen molar-refractivity contribution in [2.75, 3.05) is 25.0 Å². The fourth-order valence-electron chi connectivity index (χ4n) is 3.71. The van der Waals surface area contributed by atoms with Crippen LogP contribution in [0.15, 0.2) is 46.9 Å². The van der Waals surface area contributed by atoms with Gasteiger partial charge in [-0.1, -0.05) is 34.1 Å². The van der Waals surface area contributed by atoms with E-state index in [4.69, 9.17) is 4.74 Å². The molecule has 1 N–H and O–H groups in total. The first kappa shape index (κ1) is 24.4. The fraction of sp³-hybridized carbons (Fsp3) is 0.391. The minimum absolute atomic E-state index is 0.0585. The highest BCUT2D eigenvalue weighted by Gasteiger charge is 2.31. The average molecular weight is 523 g/mol. The predicted molar refractivity (Wildman–Crippen MR) is 127 cm³/mol. The molecule has 9 heteroatoms. The molecule has 1 aliphatic heterocycles. The molecule has 1 aliphatic rings. The third-order valence-electron chi connectivity index (χ3n) is 5.57. The van der Waals surface area contributed by atoms with E-state index >= 15 is 0 Å². The largest absolute Gasteiger partial charge is 0.462 e. The van der Waals surface area contributed by atoms with Crippen LogP contribution >= 0.6 is 15.9 Å². The van der Waals surface area contributed by atoms with E-state index in [-0.39, 0.29) is 24.2 Å². The second kappa shape index (κ2) is 10.6. The maximum atomic E-state index is 12.8.